The monoisotopic (exact) mass is 493 g/mol. The van der Waals surface area contributed by atoms with Gasteiger partial charge in [0, 0.05) is 29.9 Å². The molecule has 0 bridgehead atoms. The predicted octanol–water partition coefficient (Wildman–Crippen LogP) is 4.33. The SMILES string of the molecule is CC(C)n1c(=O)c2cnc(Nc3ccc4c(c3)CCNC4)nc2n1-c1nc(C(C)(C)CF)ccc1F. The maximum atomic E-state index is 15.2. The molecule has 0 fully saturated rings. The van der Waals surface area contributed by atoms with Crippen LogP contribution in [0.4, 0.5) is 20.4 Å². The number of anilines is 2. The van der Waals surface area contributed by atoms with E-state index >= 15 is 4.39 Å². The smallest absolute Gasteiger partial charge is 0.278 e. The fourth-order valence-electron chi connectivity index (χ4n) is 4.44. The van der Waals surface area contributed by atoms with Crippen LogP contribution in [0, 0.1) is 5.82 Å². The molecule has 1 aliphatic heterocycles. The molecule has 4 aromatic rings. The Morgan fingerprint density at radius 2 is 1.97 bits per heavy atom. The normalized spacial score (nSPS) is 13.9. The van der Waals surface area contributed by atoms with Crippen LogP contribution in [0.2, 0.25) is 0 Å². The number of nitrogens with zero attached hydrogens (tertiary/aromatic N) is 5. The van der Waals surface area contributed by atoms with Crippen LogP contribution >= 0.6 is 0 Å². The lowest BCUT2D eigenvalue weighted by Crippen LogP contribution is -2.27. The number of halogens is 2. The molecule has 0 spiro atoms. The summed E-state index contributed by atoms with van der Waals surface area (Å²) in [7, 11) is 0. The minimum absolute atomic E-state index is 0.110. The van der Waals surface area contributed by atoms with Gasteiger partial charge in [-0.3, -0.25) is 9.18 Å². The second kappa shape index (κ2) is 9.09. The number of benzene rings is 1. The van der Waals surface area contributed by atoms with Gasteiger partial charge in [-0.25, -0.2) is 23.7 Å². The summed E-state index contributed by atoms with van der Waals surface area (Å²) in [6, 6.07) is 8.48. The molecule has 36 heavy (non-hydrogen) atoms. The Labute approximate surface area is 207 Å². The number of aromatic nitrogens is 5. The quantitative estimate of drug-likeness (QED) is 0.416. The van der Waals surface area contributed by atoms with E-state index in [1.165, 1.54) is 38.8 Å². The number of pyridine rings is 1. The van der Waals surface area contributed by atoms with Crippen molar-refractivity contribution < 1.29 is 8.78 Å². The van der Waals surface area contributed by atoms with E-state index in [9.17, 15) is 9.18 Å². The van der Waals surface area contributed by atoms with Gasteiger partial charge in [0.2, 0.25) is 5.95 Å². The number of fused-ring (bicyclic) bond motifs is 2. The summed E-state index contributed by atoms with van der Waals surface area (Å²) in [5.74, 6) is -0.483. The number of alkyl halides is 1. The molecule has 5 rings (SSSR count). The van der Waals surface area contributed by atoms with Gasteiger partial charge in [0.25, 0.3) is 5.56 Å². The molecule has 0 saturated carbocycles. The van der Waals surface area contributed by atoms with Crippen LogP contribution < -0.4 is 16.2 Å². The van der Waals surface area contributed by atoms with Crippen LogP contribution in [0.15, 0.2) is 41.3 Å². The van der Waals surface area contributed by atoms with Crippen LogP contribution in [-0.4, -0.2) is 37.5 Å². The first-order valence-electron chi connectivity index (χ1n) is 12.0. The van der Waals surface area contributed by atoms with Crippen molar-refractivity contribution >= 4 is 22.7 Å². The van der Waals surface area contributed by atoms with E-state index in [0.717, 1.165) is 25.2 Å². The van der Waals surface area contributed by atoms with E-state index < -0.39 is 17.9 Å². The average molecular weight is 494 g/mol. The third-order valence-corrected chi connectivity index (χ3v) is 6.52. The zero-order chi connectivity index (χ0) is 25.6. The minimum atomic E-state index is -0.919. The maximum Gasteiger partial charge on any atom is 0.278 e. The van der Waals surface area contributed by atoms with E-state index in [1.54, 1.807) is 13.8 Å². The third kappa shape index (κ3) is 4.15. The summed E-state index contributed by atoms with van der Waals surface area (Å²) in [4.78, 5) is 26.7. The van der Waals surface area contributed by atoms with Gasteiger partial charge in [0.1, 0.15) is 12.1 Å². The third-order valence-electron chi connectivity index (χ3n) is 6.52. The topological polar surface area (TPSA) is 89.7 Å². The summed E-state index contributed by atoms with van der Waals surface area (Å²) in [5.41, 5.74) is 2.65. The molecule has 8 nitrogen and oxygen atoms in total. The van der Waals surface area contributed by atoms with Crippen molar-refractivity contribution in [1.29, 1.82) is 0 Å². The van der Waals surface area contributed by atoms with Gasteiger partial charge in [-0.1, -0.05) is 19.9 Å². The van der Waals surface area contributed by atoms with Crippen LogP contribution in [0.1, 0.15) is 50.6 Å². The first kappa shape index (κ1) is 24.1. The summed E-state index contributed by atoms with van der Waals surface area (Å²) in [5, 5.41) is 6.80. The molecule has 188 valence electrons. The molecule has 2 N–H and O–H groups in total. The second-order valence-electron chi connectivity index (χ2n) is 10.0. The molecule has 0 unspecified atom stereocenters. The van der Waals surface area contributed by atoms with Crippen molar-refractivity contribution in [3.05, 3.63) is 69.5 Å². The summed E-state index contributed by atoms with van der Waals surface area (Å²) < 4.78 is 31.6. The highest BCUT2D eigenvalue weighted by atomic mass is 19.1. The Morgan fingerprint density at radius 3 is 2.72 bits per heavy atom. The molecule has 0 atom stereocenters. The number of nitrogens with one attached hydrogen (secondary N) is 2. The summed E-state index contributed by atoms with van der Waals surface area (Å²) >= 11 is 0. The van der Waals surface area contributed by atoms with Crippen molar-refractivity contribution in [3.63, 3.8) is 0 Å². The minimum Gasteiger partial charge on any atom is -0.324 e. The van der Waals surface area contributed by atoms with Crippen molar-refractivity contribution in [2.75, 3.05) is 18.5 Å². The first-order chi connectivity index (χ1) is 17.2. The Hall–Kier alpha value is -3.66. The summed E-state index contributed by atoms with van der Waals surface area (Å²) in [6.07, 6.45) is 2.37. The molecular formula is C26H29F2N7O. The molecule has 0 radical (unpaired) electrons. The van der Waals surface area contributed by atoms with Crippen LogP contribution in [-0.2, 0) is 18.4 Å². The highest BCUT2D eigenvalue weighted by molar-refractivity contribution is 5.77. The zero-order valence-electron chi connectivity index (χ0n) is 20.8. The highest BCUT2D eigenvalue weighted by Gasteiger charge is 2.27. The zero-order valence-corrected chi connectivity index (χ0v) is 20.8. The fourth-order valence-corrected chi connectivity index (χ4v) is 4.44. The Morgan fingerprint density at radius 1 is 1.17 bits per heavy atom. The number of rotatable bonds is 6. The van der Waals surface area contributed by atoms with E-state index in [-0.39, 0.29) is 34.4 Å². The van der Waals surface area contributed by atoms with E-state index in [4.69, 9.17) is 0 Å². The molecule has 1 aromatic carbocycles. The molecule has 3 aromatic heterocycles. The van der Waals surface area contributed by atoms with Crippen LogP contribution in [0.5, 0.6) is 0 Å². The van der Waals surface area contributed by atoms with Crippen molar-refractivity contribution in [2.45, 2.75) is 52.1 Å². The Kier molecular flexibility index (Phi) is 6.07. The Bertz CT molecular complexity index is 1510. The molecule has 1 aliphatic rings. The van der Waals surface area contributed by atoms with Gasteiger partial charge in [0.05, 0.1) is 5.69 Å². The molecule has 0 aliphatic carbocycles. The largest absolute Gasteiger partial charge is 0.324 e. The van der Waals surface area contributed by atoms with Crippen LogP contribution in [0.25, 0.3) is 16.9 Å². The van der Waals surface area contributed by atoms with Gasteiger partial charge >= 0.3 is 0 Å². The maximum absolute atomic E-state index is 15.2. The summed E-state index contributed by atoms with van der Waals surface area (Å²) in [6.45, 7) is 8.12. The van der Waals surface area contributed by atoms with Gasteiger partial charge in [-0.05, 0) is 62.2 Å². The van der Waals surface area contributed by atoms with Gasteiger partial charge in [-0.2, -0.15) is 4.98 Å². The highest BCUT2D eigenvalue weighted by Crippen LogP contribution is 2.27. The van der Waals surface area contributed by atoms with Gasteiger partial charge < -0.3 is 10.6 Å². The van der Waals surface area contributed by atoms with E-state index in [2.05, 4.69) is 37.7 Å². The number of hydrogen-bond donors (Lipinski definition) is 2. The van der Waals surface area contributed by atoms with Crippen molar-refractivity contribution in [2.24, 2.45) is 0 Å². The lowest BCUT2D eigenvalue weighted by molar-refractivity contribution is 0.342. The fraction of sp³-hybridized carbons (Fsp3) is 0.385. The Balaban J connectivity index is 1.66. The van der Waals surface area contributed by atoms with Crippen molar-refractivity contribution in [1.82, 2.24) is 29.6 Å². The first-order valence-corrected chi connectivity index (χ1v) is 12.0. The number of hydrogen-bond acceptors (Lipinski definition) is 6. The van der Waals surface area contributed by atoms with Gasteiger partial charge in [-0.15, -0.1) is 0 Å². The van der Waals surface area contributed by atoms with Crippen molar-refractivity contribution in [3.8, 4) is 5.82 Å². The molecular weight excluding hydrogens is 464 g/mol. The van der Waals surface area contributed by atoms with E-state index in [1.807, 2.05) is 19.9 Å². The van der Waals surface area contributed by atoms with Crippen LogP contribution in [0.3, 0.4) is 0 Å². The molecule has 0 amide bonds. The van der Waals surface area contributed by atoms with E-state index in [0.29, 0.717) is 5.69 Å². The molecule has 10 heteroatoms. The predicted molar refractivity (Wildman–Crippen MR) is 135 cm³/mol. The lowest BCUT2D eigenvalue weighted by atomic mass is 9.90. The lowest BCUT2D eigenvalue weighted by Gasteiger charge is -2.22. The second-order valence-corrected chi connectivity index (χ2v) is 10.0. The molecule has 4 heterocycles. The molecule has 0 saturated heterocycles. The average Bonchev–Trinajstić information content (AvgIpc) is 3.15. The van der Waals surface area contributed by atoms with Gasteiger partial charge in [0.15, 0.2) is 17.3 Å². The standard InChI is InChI=1S/C26H29F2N7O/c1-15(2)34-24(36)19-13-30-25(31-18-6-5-17-12-29-10-9-16(17)11-18)33-22(19)35(34)23-20(28)7-8-21(32-23)26(3,4)14-27/h5-8,11,13,15,29H,9-10,12,14H2,1-4H3,(H,30,31,33).